The van der Waals surface area contributed by atoms with Crippen LogP contribution in [0.15, 0.2) is 0 Å². The van der Waals surface area contributed by atoms with Crippen LogP contribution in [-0.2, 0) is 4.74 Å². The van der Waals surface area contributed by atoms with Gasteiger partial charge in [-0.25, -0.2) is 0 Å². The number of methoxy groups -OCH3 is 1. The minimum atomic E-state index is 0.811. The van der Waals surface area contributed by atoms with Gasteiger partial charge < -0.3 is 19.9 Å². The van der Waals surface area contributed by atoms with Gasteiger partial charge in [0, 0.05) is 13.7 Å². The van der Waals surface area contributed by atoms with Gasteiger partial charge in [-0.2, -0.15) is 0 Å². The van der Waals surface area contributed by atoms with Crippen molar-refractivity contribution in [1.82, 2.24) is 15.1 Å². The molecule has 0 rings (SSSR count). The zero-order valence-corrected chi connectivity index (χ0v) is 12.9. The molecule has 0 aliphatic heterocycles. The van der Waals surface area contributed by atoms with Crippen molar-refractivity contribution in [2.24, 2.45) is 0 Å². The number of nitrogens with one attached hydrogen (secondary N) is 1. The first-order valence-electron chi connectivity index (χ1n) is 7.27. The fraction of sp³-hybridized carbons (Fsp3) is 1.00. The molecule has 0 saturated carbocycles. The first-order chi connectivity index (χ1) is 8.70. The lowest BCUT2D eigenvalue weighted by Gasteiger charge is -2.21. The summed E-state index contributed by atoms with van der Waals surface area (Å²) in [5.41, 5.74) is 0. The largest absolute Gasteiger partial charge is 0.383 e. The van der Waals surface area contributed by atoms with Crippen molar-refractivity contribution in [2.75, 3.05) is 67.1 Å². The summed E-state index contributed by atoms with van der Waals surface area (Å²) in [7, 11) is 6.03. The van der Waals surface area contributed by atoms with Gasteiger partial charge in [-0.05, 0) is 66.1 Å². The standard InChI is InChI=1S/C14H33N3O/c1-5-17(13-8-11-16(2)3)12-7-6-9-15-10-14-18-4/h15H,5-14H2,1-4H3. The molecule has 4 nitrogen and oxygen atoms in total. The molecule has 18 heavy (non-hydrogen) atoms. The molecule has 0 radical (unpaired) electrons. The predicted octanol–water partition coefficient (Wildman–Crippen LogP) is 1.28. The Morgan fingerprint density at radius 1 is 0.944 bits per heavy atom. The molecular weight excluding hydrogens is 226 g/mol. The van der Waals surface area contributed by atoms with E-state index < -0.39 is 0 Å². The van der Waals surface area contributed by atoms with Crippen molar-refractivity contribution in [1.29, 1.82) is 0 Å². The van der Waals surface area contributed by atoms with E-state index in [1.165, 1.54) is 45.4 Å². The number of ether oxygens (including phenoxy) is 1. The fourth-order valence-electron chi connectivity index (χ4n) is 1.92. The summed E-state index contributed by atoms with van der Waals surface area (Å²) in [6.07, 6.45) is 3.82. The quantitative estimate of drug-likeness (QED) is 0.504. The van der Waals surface area contributed by atoms with Crippen molar-refractivity contribution < 1.29 is 4.74 Å². The van der Waals surface area contributed by atoms with E-state index in [1.54, 1.807) is 7.11 Å². The van der Waals surface area contributed by atoms with Gasteiger partial charge >= 0.3 is 0 Å². The van der Waals surface area contributed by atoms with Crippen molar-refractivity contribution in [2.45, 2.75) is 26.2 Å². The first kappa shape index (κ1) is 17.8. The van der Waals surface area contributed by atoms with E-state index >= 15 is 0 Å². The zero-order valence-electron chi connectivity index (χ0n) is 12.9. The number of rotatable bonds is 13. The first-order valence-corrected chi connectivity index (χ1v) is 7.27. The number of hydrogen-bond acceptors (Lipinski definition) is 4. The van der Waals surface area contributed by atoms with E-state index in [9.17, 15) is 0 Å². The van der Waals surface area contributed by atoms with Crippen molar-refractivity contribution >= 4 is 0 Å². The fourth-order valence-corrected chi connectivity index (χ4v) is 1.92. The maximum Gasteiger partial charge on any atom is 0.0587 e. The van der Waals surface area contributed by atoms with Gasteiger partial charge in [0.15, 0.2) is 0 Å². The molecule has 110 valence electrons. The van der Waals surface area contributed by atoms with Gasteiger partial charge in [0.25, 0.3) is 0 Å². The van der Waals surface area contributed by atoms with Crippen LogP contribution in [-0.4, -0.2) is 76.9 Å². The van der Waals surface area contributed by atoms with Crippen LogP contribution in [0.4, 0.5) is 0 Å². The highest BCUT2D eigenvalue weighted by Crippen LogP contribution is 1.97. The van der Waals surface area contributed by atoms with Crippen LogP contribution in [0.1, 0.15) is 26.2 Å². The van der Waals surface area contributed by atoms with E-state index in [2.05, 4.69) is 36.1 Å². The van der Waals surface area contributed by atoms with Gasteiger partial charge in [-0.1, -0.05) is 6.92 Å². The van der Waals surface area contributed by atoms with Crippen molar-refractivity contribution in [3.63, 3.8) is 0 Å². The van der Waals surface area contributed by atoms with Crippen LogP contribution in [0.5, 0.6) is 0 Å². The molecule has 0 aliphatic rings. The molecule has 0 spiro atoms. The molecule has 0 aromatic heterocycles. The smallest absolute Gasteiger partial charge is 0.0587 e. The lowest BCUT2D eigenvalue weighted by molar-refractivity contribution is 0.199. The molecule has 4 heteroatoms. The topological polar surface area (TPSA) is 27.7 Å². The summed E-state index contributed by atoms with van der Waals surface area (Å²) in [4.78, 5) is 4.81. The monoisotopic (exact) mass is 259 g/mol. The van der Waals surface area contributed by atoms with Crippen LogP contribution in [0.2, 0.25) is 0 Å². The molecule has 0 aromatic rings. The summed E-state index contributed by atoms with van der Waals surface area (Å²) in [5, 5.41) is 3.39. The lowest BCUT2D eigenvalue weighted by atomic mass is 10.2. The highest BCUT2D eigenvalue weighted by Gasteiger charge is 2.01. The summed E-state index contributed by atoms with van der Waals surface area (Å²) in [6, 6.07) is 0. The minimum Gasteiger partial charge on any atom is -0.383 e. The van der Waals surface area contributed by atoms with Crippen LogP contribution < -0.4 is 5.32 Å². The van der Waals surface area contributed by atoms with E-state index in [-0.39, 0.29) is 0 Å². The Balaban J connectivity index is 3.33. The van der Waals surface area contributed by atoms with Crippen molar-refractivity contribution in [3.05, 3.63) is 0 Å². The van der Waals surface area contributed by atoms with Crippen LogP contribution in [0, 0.1) is 0 Å². The Kier molecular flexibility index (Phi) is 13.2. The SMILES string of the molecule is CCN(CCCCNCCOC)CCCN(C)C. The number of nitrogens with zero attached hydrogens (tertiary/aromatic N) is 2. The van der Waals surface area contributed by atoms with Crippen molar-refractivity contribution in [3.8, 4) is 0 Å². The highest BCUT2D eigenvalue weighted by atomic mass is 16.5. The van der Waals surface area contributed by atoms with E-state index in [0.717, 1.165) is 19.7 Å². The van der Waals surface area contributed by atoms with Crippen LogP contribution in [0.25, 0.3) is 0 Å². The Morgan fingerprint density at radius 2 is 1.67 bits per heavy atom. The van der Waals surface area contributed by atoms with Gasteiger partial charge in [-0.3, -0.25) is 0 Å². The lowest BCUT2D eigenvalue weighted by Crippen LogP contribution is -2.29. The zero-order chi connectivity index (χ0) is 13.6. The third-order valence-corrected chi connectivity index (χ3v) is 3.09. The molecule has 0 atom stereocenters. The maximum atomic E-state index is 4.99. The second kappa shape index (κ2) is 13.3. The molecule has 0 amide bonds. The Bertz CT molecular complexity index is 165. The third kappa shape index (κ3) is 12.3. The molecule has 0 heterocycles. The average Bonchev–Trinajstić information content (AvgIpc) is 2.35. The minimum absolute atomic E-state index is 0.811. The summed E-state index contributed by atoms with van der Waals surface area (Å²) in [6.45, 7) is 9.97. The van der Waals surface area contributed by atoms with E-state index in [4.69, 9.17) is 4.74 Å². The average molecular weight is 259 g/mol. The molecule has 0 aliphatic carbocycles. The highest BCUT2D eigenvalue weighted by molar-refractivity contribution is 4.58. The second-order valence-electron chi connectivity index (χ2n) is 5.04. The summed E-state index contributed by atoms with van der Waals surface area (Å²) < 4.78 is 4.99. The molecule has 0 bridgehead atoms. The maximum absolute atomic E-state index is 4.99. The van der Waals surface area contributed by atoms with E-state index in [0.29, 0.717) is 0 Å². The summed E-state index contributed by atoms with van der Waals surface area (Å²) >= 11 is 0. The Hall–Kier alpha value is -0.160. The number of hydrogen-bond donors (Lipinski definition) is 1. The van der Waals surface area contributed by atoms with Gasteiger partial charge in [0.1, 0.15) is 0 Å². The van der Waals surface area contributed by atoms with Gasteiger partial charge in [0.05, 0.1) is 6.61 Å². The Morgan fingerprint density at radius 3 is 2.28 bits per heavy atom. The molecular formula is C14H33N3O. The van der Waals surface area contributed by atoms with Crippen LogP contribution in [0.3, 0.4) is 0 Å². The van der Waals surface area contributed by atoms with E-state index in [1.807, 2.05) is 0 Å². The predicted molar refractivity (Wildman–Crippen MR) is 79.3 cm³/mol. The van der Waals surface area contributed by atoms with Crippen LogP contribution >= 0.6 is 0 Å². The molecule has 1 N–H and O–H groups in total. The molecule has 0 fully saturated rings. The summed E-state index contributed by atoms with van der Waals surface area (Å²) in [5.74, 6) is 0. The normalized spacial score (nSPS) is 11.7. The Labute approximate surface area is 114 Å². The second-order valence-corrected chi connectivity index (χ2v) is 5.04. The third-order valence-electron chi connectivity index (χ3n) is 3.09. The van der Waals surface area contributed by atoms with Gasteiger partial charge in [0.2, 0.25) is 0 Å². The van der Waals surface area contributed by atoms with Gasteiger partial charge in [-0.15, -0.1) is 0 Å². The molecule has 0 saturated heterocycles. The molecule has 0 aromatic carbocycles. The number of unbranched alkanes of at least 4 members (excludes halogenated alkanes) is 1. The molecule has 0 unspecified atom stereocenters.